The average Bonchev–Trinajstić information content (AvgIpc) is 3.18. The van der Waals surface area contributed by atoms with Crippen molar-refractivity contribution in [2.75, 3.05) is 52.8 Å². The van der Waals surface area contributed by atoms with E-state index in [4.69, 9.17) is 9.47 Å². The van der Waals surface area contributed by atoms with E-state index in [1.807, 2.05) is 11.8 Å². The van der Waals surface area contributed by atoms with Crippen molar-refractivity contribution >= 4 is 21.8 Å². The van der Waals surface area contributed by atoms with E-state index in [1.54, 1.807) is 24.3 Å². The van der Waals surface area contributed by atoms with Crippen molar-refractivity contribution in [3.05, 3.63) is 24.3 Å². The molecular formula is C19H30N2O4S2. The number of hydrogen-bond acceptors (Lipinski definition) is 6. The Morgan fingerprint density at radius 2 is 1.93 bits per heavy atom. The summed E-state index contributed by atoms with van der Waals surface area (Å²) in [5.41, 5.74) is 0. The number of likely N-dealkylation sites (N-methyl/N-ethyl adjacent to an activating group) is 1. The van der Waals surface area contributed by atoms with Gasteiger partial charge in [-0.25, -0.2) is 8.42 Å². The molecule has 1 saturated heterocycles. The van der Waals surface area contributed by atoms with Crippen LogP contribution < -0.4 is 4.74 Å². The Kier molecular flexibility index (Phi) is 7.44. The van der Waals surface area contributed by atoms with Gasteiger partial charge in [-0.1, -0.05) is 0 Å². The minimum Gasteiger partial charge on any atom is -0.492 e. The first-order valence-corrected chi connectivity index (χ1v) is 12.3. The van der Waals surface area contributed by atoms with Gasteiger partial charge in [0.2, 0.25) is 10.0 Å². The van der Waals surface area contributed by atoms with Gasteiger partial charge in [-0.05, 0) is 56.8 Å². The van der Waals surface area contributed by atoms with Crippen molar-refractivity contribution in [1.82, 2.24) is 9.21 Å². The smallest absolute Gasteiger partial charge is 0.243 e. The Hall–Kier alpha value is -0.800. The first kappa shape index (κ1) is 20.9. The van der Waals surface area contributed by atoms with Crippen molar-refractivity contribution in [3.63, 3.8) is 0 Å². The van der Waals surface area contributed by atoms with E-state index >= 15 is 0 Å². The van der Waals surface area contributed by atoms with Crippen LogP contribution in [0.25, 0.3) is 0 Å². The van der Waals surface area contributed by atoms with E-state index in [-0.39, 0.29) is 0 Å². The van der Waals surface area contributed by atoms with Gasteiger partial charge in [0, 0.05) is 30.9 Å². The van der Waals surface area contributed by atoms with Crippen molar-refractivity contribution in [3.8, 4) is 5.75 Å². The summed E-state index contributed by atoms with van der Waals surface area (Å²) in [5.74, 6) is 0.706. The molecule has 2 aliphatic rings. The van der Waals surface area contributed by atoms with E-state index in [2.05, 4.69) is 18.2 Å². The largest absolute Gasteiger partial charge is 0.492 e. The van der Waals surface area contributed by atoms with Crippen LogP contribution in [0.15, 0.2) is 29.2 Å². The molecule has 0 aromatic heterocycles. The topological polar surface area (TPSA) is 59.1 Å². The van der Waals surface area contributed by atoms with Gasteiger partial charge in [-0.3, -0.25) is 4.90 Å². The maximum Gasteiger partial charge on any atom is 0.243 e. The number of hydrogen-bond donors (Lipinski definition) is 0. The molecule has 2 atom stereocenters. The summed E-state index contributed by atoms with van der Waals surface area (Å²) in [4.78, 5) is 2.69. The van der Waals surface area contributed by atoms with Gasteiger partial charge in [0.1, 0.15) is 12.4 Å². The van der Waals surface area contributed by atoms with Crippen LogP contribution in [0.2, 0.25) is 0 Å². The third-order valence-electron chi connectivity index (χ3n) is 5.46. The Bertz CT molecular complexity index is 690. The minimum absolute atomic E-state index is 0.308. The zero-order valence-corrected chi connectivity index (χ0v) is 17.8. The number of benzene rings is 1. The van der Waals surface area contributed by atoms with Crippen molar-refractivity contribution in [2.45, 2.75) is 35.4 Å². The standard InChI is InChI=1S/C19H30N2O4S2/c1-20(16-3-6-18(15-16)26-2)9-14-25-17-4-7-19(8-5-17)27(22,23)21-10-12-24-13-11-21/h4-5,7-8,16,18H,3,6,9-15H2,1-2H3. The van der Waals surface area contributed by atoms with Gasteiger partial charge in [0.05, 0.1) is 18.1 Å². The van der Waals surface area contributed by atoms with Crippen LogP contribution in [0.1, 0.15) is 19.3 Å². The fourth-order valence-electron chi connectivity index (χ4n) is 3.67. The molecule has 1 aromatic rings. The Balaban J connectivity index is 1.48. The van der Waals surface area contributed by atoms with Gasteiger partial charge < -0.3 is 9.47 Å². The van der Waals surface area contributed by atoms with Gasteiger partial charge >= 0.3 is 0 Å². The Morgan fingerprint density at radius 3 is 2.56 bits per heavy atom. The molecule has 6 nitrogen and oxygen atoms in total. The van der Waals surface area contributed by atoms with E-state index < -0.39 is 10.0 Å². The monoisotopic (exact) mass is 414 g/mol. The van der Waals surface area contributed by atoms with Gasteiger partial charge in [-0.2, -0.15) is 16.1 Å². The summed E-state index contributed by atoms with van der Waals surface area (Å²) in [5, 5.41) is 0.791. The van der Waals surface area contributed by atoms with Gasteiger partial charge in [-0.15, -0.1) is 0 Å². The van der Waals surface area contributed by atoms with E-state index in [0.29, 0.717) is 49.6 Å². The molecule has 1 saturated carbocycles. The summed E-state index contributed by atoms with van der Waals surface area (Å²) >= 11 is 1.97. The molecule has 0 spiro atoms. The number of rotatable bonds is 8. The molecule has 0 N–H and O–H groups in total. The summed E-state index contributed by atoms with van der Waals surface area (Å²) in [6, 6.07) is 7.39. The molecule has 1 heterocycles. The highest BCUT2D eigenvalue weighted by Gasteiger charge is 2.27. The molecule has 0 bridgehead atoms. The third kappa shape index (κ3) is 5.38. The normalized spacial score (nSPS) is 24.4. The first-order valence-electron chi connectivity index (χ1n) is 9.54. The molecule has 3 rings (SSSR count). The van der Waals surface area contributed by atoms with E-state index in [1.165, 1.54) is 23.6 Å². The number of sulfonamides is 1. The molecule has 1 aliphatic carbocycles. The van der Waals surface area contributed by atoms with Crippen LogP contribution in [0, 0.1) is 0 Å². The molecule has 0 amide bonds. The lowest BCUT2D eigenvalue weighted by atomic mass is 10.2. The molecule has 2 unspecified atom stereocenters. The van der Waals surface area contributed by atoms with Crippen LogP contribution in [-0.2, 0) is 14.8 Å². The Labute approximate surface area is 167 Å². The Morgan fingerprint density at radius 1 is 1.22 bits per heavy atom. The zero-order valence-electron chi connectivity index (χ0n) is 16.2. The number of ether oxygens (including phenoxy) is 2. The SMILES string of the molecule is CSC1CCC(N(C)CCOc2ccc(S(=O)(=O)N3CCOCC3)cc2)C1. The summed E-state index contributed by atoms with van der Waals surface area (Å²) in [6.07, 6.45) is 6.01. The second kappa shape index (κ2) is 9.60. The minimum atomic E-state index is -3.44. The number of morpholine rings is 1. The molecule has 1 aromatic carbocycles. The molecule has 1 aliphatic heterocycles. The first-order chi connectivity index (χ1) is 13.0. The average molecular weight is 415 g/mol. The number of nitrogens with zero attached hydrogens (tertiary/aromatic N) is 2. The lowest BCUT2D eigenvalue weighted by Gasteiger charge is -2.26. The molecular weight excluding hydrogens is 384 g/mol. The summed E-state index contributed by atoms with van der Waals surface area (Å²) in [6.45, 7) is 3.20. The van der Waals surface area contributed by atoms with Crippen LogP contribution in [0.3, 0.4) is 0 Å². The maximum absolute atomic E-state index is 12.6. The molecule has 0 radical (unpaired) electrons. The van der Waals surface area contributed by atoms with Gasteiger partial charge in [0.15, 0.2) is 0 Å². The predicted molar refractivity (Wildman–Crippen MR) is 109 cm³/mol. The number of thioether (sulfide) groups is 1. The molecule has 152 valence electrons. The van der Waals surface area contributed by atoms with Crippen LogP contribution >= 0.6 is 11.8 Å². The summed E-state index contributed by atoms with van der Waals surface area (Å²) < 4.78 is 37.8. The fourth-order valence-corrected chi connectivity index (χ4v) is 5.86. The molecule has 2 fully saturated rings. The summed E-state index contributed by atoms with van der Waals surface area (Å²) in [7, 11) is -1.28. The highest BCUT2D eigenvalue weighted by molar-refractivity contribution is 7.99. The lowest BCUT2D eigenvalue weighted by Crippen LogP contribution is -2.40. The highest BCUT2D eigenvalue weighted by atomic mass is 32.2. The van der Waals surface area contributed by atoms with E-state index in [9.17, 15) is 8.42 Å². The lowest BCUT2D eigenvalue weighted by molar-refractivity contribution is 0.0730. The van der Waals surface area contributed by atoms with E-state index in [0.717, 1.165) is 11.8 Å². The van der Waals surface area contributed by atoms with Crippen molar-refractivity contribution < 1.29 is 17.9 Å². The third-order valence-corrected chi connectivity index (χ3v) is 8.47. The van der Waals surface area contributed by atoms with Crippen LogP contribution in [0.5, 0.6) is 5.75 Å². The highest BCUT2D eigenvalue weighted by Crippen LogP contribution is 2.30. The van der Waals surface area contributed by atoms with Crippen molar-refractivity contribution in [1.29, 1.82) is 0 Å². The molecule has 8 heteroatoms. The van der Waals surface area contributed by atoms with Crippen LogP contribution in [0.4, 0.5) is 0 Å². The van der Waals surface area contributed by atoms with Gasteiger partial charge in [0.25, 0.3) is 0 Å². The predicted octanol–water partition coefficient (Wildman–Crippen LogP) is 2.30. The van der Waals surface area contributed by atoms with Crippen LogP contribution in [-0.4, -0.2) is 81.7 Å². The quantitative estimate of drug-likeness (QED) is 0.651. The molecule has 27 heavy (non-hydrogen) atoms. The second-order valence-corrected chi connectivity index (χ2v) is 10.2. The second-order valence-electron chi connectivity index (χ2n) is 7.14. The zero-order chi connectivity index (χ0) is 19.3. The maximum atomic E-state index is 12.6. The fraction of sp³-hybridized carbons (Fsp3) is 0.684. The van der Waals surface area contributed by atoms with Crippen molar-refractivity contribution in [2.24, 2.45) is 0 Å².